The summed E-state index contributed by atoms with van der Waals surface area (Å²) in [4.78, 5) is 14.3. The fraction of sp³-hybridized carbons (Fsp3) is 0.867. The summed E-state index contributed by atoms with van der Waals surface area (Å²) in [5, 5.41) is 12.2. The molecule has 1 aliphatic heterocycles. The molecule has 2 rings (SSSR count). The van der Waals surface area contributed by atoms with E-state index < -0.39 is 5.54 Å². The largest absolute Gasteiger partial charge is 0.337 e. The molecule has 3 N–H and O–H groups in total. The fourth-order valence-corrected chi connectivity index (χ4v) is 3.09. The smallest absolute Gasteiger partial charge is 0.235 e. The summed E-state index contributed by atoms with van der Waals surface area (Å²) in [5.41, 5.74) is 5.10. The van der Waals surface area contributed by atoms with E-state index in [2.05, 4.69) is 23.2 Å². The Balaban J connectivity index is 1.84. The molecule has 0 radical (unpaired) electrons. The lowest BCUT2D eigenvalue weighted by molar-refractivity contribution is -0.124. The normalized spacial score (nSPS) is 30.3. The molecule has 5 heteroatoms. The van der Waals surface area contributed by atoms with Crippen LogP contribution in [0.2, 0.25) is 0 Å². The minimum absolute atomic E-state index is 0.0359. The van der Waals surface area contributed by atoms with Gasteiger partial charge in [0.05, 0.1) is 12.6 Å². The van der Waals surface area contributed by atoms with E-state index >= 15 is 0 Å². The standard InChI is InChI=1S/C15H26N4O/c1-11-5-6-19(8-12(11)7-16)9-14(20)18-15(2,10-17)13-3-4-13/h11-13H,3-9,16H2,1-2H3,(H,18,20). The van der Waals surface area contributed by atoms with Crippen molar-refractivity contribution in [2.75, 3.05) is 26.2 Å². The molecular formula is C15H26N4O. The molecular weight excluding hydrogens is 252 g/mol. The number of hydrogen-bond acceptors (Lipinski definition) is 4. The van der Waals surface area contributed by atoms with E-state index in [4.69, 9.17) is 5.73 Å². The van der Waals surface area contributed by atoms with Crippen LogP contribution in [0.5, 0.6) is 0 Å². The van der Waals surface area contributed by atoms with Gasteiger partial charge in [-0.1, -0.05) is 6.92 Å². The van der Waals surface area contributed by atoms with E-state index in [1.807, 2.05) is 6.92 Å². The Kier molecular flexibility index (Phi) is 4.66. The van der Waals surface area contributed by atoms with Crippen molar-refractivity contribution in [2.24, 2.45) is 23.5 Å². The summed E-state index contributed by atoms with van der Waals surface area (Å²) in [5.74, 6) is 1.40. The molecule has 2 fully saturated rings. The number of hydrogen-bond donors (Lipinski definition) is 2. The summed E-state index contributed by atoms with van der Waals surface area (Å²) in [7, 11) is 0. The Morgan fingerprint density at radius 3 is 2.75 bits per heavy atom. The second kappa shape index (κ2) is 6.11. The molecule has 0 bridgehead atoms. The third-order valence-corrected chi connectivity index (χ3v) is 4.89. The maximum atomic E-state index is 12.2. The van der Waals surface area contributed by atoms with Gasteiger partial charge in [0.1, 0.15) is 5.54 Å². The van der Waals surface area contributed by atoms with Crippen molar-refractivity contribution in [3.8, 4) is 6.07 Å². The van der Waals surface area contributed by atoms with Crippen LogP contribution in [0, 0.1) is 29.1 Å². The van der Waals surface area contributed by atoms with E-state index in [0.717, 1.165) is 32.4 Å². The molecule has 20 heavy (non-hydrogen) atoms. The van der Waals surface area contributed by atoms with Crippen molar-refractivity contribution in [3.63, 3.8) is 0 Å². The van der Waals surface area contributed by atoms with Crippen LogP contribution >= 0.6 is 0 Å². The summed E-state index contributed by atoms with van der Waals surface area (Å²) in [6.45, 7) is 6.96. The van der Waals surface area contributed by atoms with Crippen LogP contribution in [0.4, 0.5) is 0 Å². The Morgan fingerprint density at radius 2 is 2.20 bits per heavy atom. The lowest BCUT2D eigenvalue weighted by Gasteiger charge is -2.36. The second-order valence-corrected chi connectivity index (χ2v) is 6.63. The van der Waals surface area contributed by atoms with Gasteiger partial charge in [-0.15, -0.1) is 0 Å². The van der Waals surface area contributed by atoms with Crippen LogP contribution in [-0.4, -0.2) is 42.5 Å². The number of carbonyl (C=O) groups is 1. The number of nitrogens with zero attached hydrogens (tertiary/aromatic N) is 2. The topological polar surface area (TPSA) is 82.2 Å². The number of piperidine rings is 1. The number of amides is 1. The summed E-state index contributed by atoms with van der Waals surface area (Å²) >= 11 is 0. The van der Waals surface area contributed by atoms with Crippen molar-refractivity contribution in [3.05, 3.63) is 0 Å². The molecule has 112 valence electrons. The quantitative estimate of drug-likeness (QED) is 0.776. The Bertz CT molecular complexity index is 401. The first-order chi connectivity index (χ1) is 9.48. The first-order valence-electron chi connectivity index (χ1n) is 7.63. The molecule has 1 aliphatic carbocycles. The average molecular weight is 278 g/mol. The predicted molar refractivity (Wildman–Crippen MR) is 77.7 cm³/mol. The molecule has 1 saturated heterocycles. The van der Waals surface area contributed by atoms with Crippen LogP contribution in [0.15, 0.2) is 0 Å². The van der Waals surface area contributed by atoms with Crippen molar-refractivity contribution in [1.29, 1.82) is 5.26 Å². The van der Waals surface area contributed by atoms with Gasteiger partial charge in [0.25, 0.3) is 0 Å². The zero-order valence-corrected chi connectivity index (χ0v) is 12.6. The van der Waals surface area contributed by atoms with Crippen LogP contribution in [0.25, 0.3) is 0 Å². The third kappa shape index (κ3) is 3.50. The van der Waals surface area contributed by atoms with Gasteiger partial charge < -0.3 is 11.1 Å². The van der Waals surface area contributed by atoms with E-state index in [0.29, 0.717) is 30.8 Å². The van der Waals surface area contributed by atoms with Crippen molar-refractivity contribution in [1.82, 2.24) is 10.2 Å². The number of nitrogens with one attached hydrogen (secondary N) is 1. The average Bonchev–Trinajstić information content (AvgIpc) is 3.25. The van der Waals surface area contributed by atoms with Gasteiger partial charge >= 0.3 is 0 Å². The summed E-state index contributed by atoms with van der Waals surface area (Å²) in [6, 6.07) is 2.27. The van der Waals surface area contributed by atoms with E-state index in [1.54, 1.807) is 0 Å². The minimum atomic E-state index is -0.687. The van der Waals surface area contributed by atoms with Gasteiger partial charge in [-0.05, 0) is 57.0 Å². The lowest BCUT2D eigenvalue weighted by atomic mass is 9.87. The Hall–Kier alpha value is -1.12. The predicted octanol–water partition coefficient (Wildman–Crippen LogP) is 0.712. The molecule has 1 heterocycles. The highest BCUT2D eigenvalue weighted by molar-refractivity contribution is 5.79. The number of carbonyl (C=O) groups excluding carboxylic acids is 1. The molecule has 3 unspecified atom stereocenters. The van der Waals surface area contributed by atoms with Crippen LogP contribution in [0.3, 0.4) is 0 Å². The zero-order chi connectivity index (χ0) is 14.8. The monoisotopic (exact) mass is 278 g/mol. The number of likely N-dealkylation sites (tertiary alicyclic amines) is 1. The summed E-state index contributed by atoms with van der Waals surface area (Å²) in [6.07, 6.45) is 3.18. The van der Waals surface area contributed by atoms with Crippen LogP contribution in [0.1, 0.15) is 33.1 Å². The highest BCUT2D eigenvalue weighted by Gasteiger charge is 2.43. The fourth-order valence-electron chi connectivity index (χ4n) is 3.09. The van der Waals surface area contributed by atoms with Crippen LogP contribution in [-0.2, 0) is 4.79 Å². The molecule has 5 nitrogen and oxygen atoms in total. The first kappa shape index (κ1) is 15.3. The highest BCUT2D eigenvalue weighted by atomic mass is 16.2. The van der Waals surface area contributed by atoms with Gasteiger partial charge in [-0.2, -0.15) is 5.26 Å². The van der Waals surface area contributed by atoms with E-state index in [-0.39, 0.29) is 5.91 Å². The van der Waals surface area contributed by atoms with Crippen molar-refractivity contribution in [2.45, 2.75) is 38.6 Å². The Morgan fingerprint density at radius 1 is 1.50 bits per heavy atom. The van der Waals surface area contributed by atoms with Gasteiger partial charge in [0, 0.05) is 6.54 Å². The van der Waals surface area contributed by atoms with Crippen molar-refractivity contribution >= 4 is 5.91 Å². The van der Waals surface area contributed by atoms with Gasteiger partial charge in [0.2, 0.25) is 5.91 Å². The molecule has 0 aromatic carbocycles. The Labute approximate surface area is 121 Å². The van der Waals surface area contributed by atoms with Crippen molar-refractivity contribution < 1.29 is 4.79 Å². The maximum Gasteiger partial charge on any atom is 0.235 e. The third-order valence-electron chi connectivity index (χ3n) is 4.89. The highest BCUT2D eigenvalue weighted by Crippen LogP contribution is 2.39. The SMILES string of the molecule is CC1CCN(CC(=O)NC(C)(C#N)C2CC2)CC1CN. The van der Waals surface area contributed by atoms with E-state index in [1.165, 1.54) is 0 Å². The maximum absolute atomic E-state index is 12.2. The van der Waals surface area contributed by atoms with Gasteiger partial charge in [-0.3, -0.25) is 9.69 Å². The number of nitrogens with two attached hydrogens (primary N) is 1. The number of nitriles is 1. The molecule has 1 saturated carbocycles. The molecule has 1 amide bonds. The molecule has 0 spiro atoms. The molecule has 0 aromatic rings. The van der Waals surface area contributed by atoms with Gasteiger partial charge in [0.15, 0.2) is 0 Å². The number of rotatable bonds is 5. The van der Waals surface area contributed by atoms with Gasteiger partial charge in [-0.25, -0.2) is 0 Å². The molecule has 0 aromatic heterocycles. The second-order valence-electron chi connectivity index (χ2n) is 6.63. The molecule has 2 aliphatic rings. The minimum Gasteiger partial charge on any atom is -0.337 e. The summed E-state index contributed by atoms with van der Waals surface area (Å²) < 4.78 is 0. The lowest BCUT2D eigenvalue weighted by Crippen LogP contribution is -2.52. The first-order valence-corrected chi connectivity index (χ1v) is 7.63. The van der Waals surface area contributed by atoms with Crippen LogP contribution < -0.4 is 11.1 Å². The zero-order valence-electron chi connectivity index (χ0n) is 12.6. The molecule has 3 atom stereocenters. The van der Waals surface area contributed by atoms with E-state index in [9.17, 15) is 10.1 Å².